The summed E-state index contributed by atoms with van der Waals surface area (Å²) >= 11 is 5.89. The van der Waals surface area contributed by atoms with Gasteiger partial charge in [-0.15, -0.1) is 0 Å². The lowest BCUT2D eigenvalue weighted by Crippen LogP contribution is -2.27. The van der Waals surface area contributed by atoms with Crippen LogP contribution in [-0.2, 0) is 31.2 Å². The van der Waals surface area contributed by atoms with Gasteiger partial charge in [-0.2, -0.15) is 0 Å². The number of hydrogen-bond acceptors (Lipinski definition) is 5. The molecule has 3 heterocycles. The highest BCUT2D eigenvalue weighted by molar-refractivity contribution is 6.30. The molecule has 4 rings (SSSR count). The van der Waals surface area contributed by atoms with Crippen LogP contribution < -0.4 is 10.7 Å². The van der Waals surface area contributed by atoms with E-state index in [2.05, 4.69) is 10.3 Å². The van der Waals surface area contributed by atoms with E-state index < -0.39 is 6.10 Å². The Kier molecular flexibility index (Phi) is 7.45. The van der Waals surface area contributed by atoms with E-state index in [9.17, 15) is 14.7 Å². The van der Waals surface area contributed by atoms with Crippen LogP contribution in [0.3, 0.4) is 0 Å². The van der Waals surface area contributed by atoms with Crippen LogP contribution in [0.2, 0.25) is 5.02 Å². The molecule has 1 amide bonds. The van der Waals surface area contributed by atoms with Gasteiger partial charge >= 0.3 is 0 Å². The number of hydrogen-bond donors (Lipinski definition) is 2. The van der Waals surface area contributed by atoms with Gasteiger partial charge in [0.2, 0.25) is 11.6 Å². The Morgan fingerprint density at radius 2 is 2.06 bits per heavy atom. The smallest absolute Gasteiger partial charge is 0.224 e. The summed E-state index contributed by atoms with van der Waals surface area (Å²) in [6, 6.07) is 12.6. The number of aromatic nitrogens is 2. The molecular weight excluding hydrogens is 454 g/mol. The fraction of sp³-hybridized carbons (Fsp3) is 0.269. The van der Waals surface area contributed by atoms with E-state index in [1.807, 2.05) is 18.2 Å². The van der Waals surface area contributed by atoms with Crippen molar-refractivity contribution in [1.29, 1.82) is 0 Å². The minimum atomic E-state index is -0.595. The number of carbonyl (C=O) groups is 1. The van der Waals surface area contributed by atoms with Crippen molar-refractivity contribution in [3.05, 3.63) is 98.8 Å². The molecule has 7 nitrogen and oxygen atoms in total. The monoisotopic (exact) mass is 479 g/mol. The van der Waals surface area contributed by atoms with E-state index in [1.54, 1.807) is 54.5 Å². The van der Waals surface area contributed by atoms with E-state index in [4.69, 9.17) is 16.0 Å². The number of aryl methyl sites for hydroxylation is 2. The topological polar surface area (TPSA) is 97.4 Å². The summed E-state index contributed by atoms with van der Waals surface area (Å²) in [5.74, 6) is 0.435. The van der Waals surface area contributed by atoms with E-state index in [0.29, 0.717) is 53.3 Å². The standard InChI is InChI=1S/C26H26ClN3O4/c1-30-16-19(12-24(32)29-14-17-7-9-20(27)10-8-17)25(33)22-13-21(34-26(22)30)5-2-6-23(31)18-4-3-11-28-15-18/h3-4,7-11,13,15-16,23,31H,2,5-6,12,14H2,1H3,(H,29,32). The maximum Gasteiger partial charge on any atom is 0.224 e. The molecule has 1 aromatic carbocycles. The lowest BCUT2D eigenvalue weighted by atomic mass is 10.0. The second kappa shape index (κ2) is 10.7. The molecule has 0 saturated heterocycles. The first-order chi connectivity index (χ1) is 16.4. The third kappa shape index (κ3) is 5.73. The summed E-state index contributed by atoms with van der Waals surface area (Å²) in [7, 11) is 1.79. The molecule has 0 aliphatic carbocycles. The number of aliphatic hydroxyl groups excluding tert-OH is 1. The van der Waals surface area contributed by atoms with Gasteiger partial charge in [0, 0.05) is 49.2 Å². The van der Waals surface area contributed by atoms with E-state index in [-0.39, 0.29) is 17.8 Å². The number of rotatable bonds is 9. The largest absolute Gasteiger partial charge is 0.444 e. The Morgan fingerprint density at radius 3 is 2.79 bits per heavy atom. The first kappa shape index (κ1) is 23.7. The summed E-state index contributed by atoms with van der Waals surface area (Å²) in [5, 5.41) is 14.2. The quantitative estimate of drug-likeness (QED) is 0.377. The molecule has 2 N–H and O–H groups in total. The normalized spacial score (nSPS) is 12.1. The fourth-order valence-electron chi connectivity index (χ4n) is 3.88. The molecule has 1 atom stereocenters. The van der Waals surface area contributed by atoms with E-state index in [0.717, 1.165) is 11.1 Å². The molecule has 0 radical (unpaired) electrons. The lowest BCUT2D eigenvalue weighted by molar-refractivity contribution is -0.120. The van der Waals surface area contributed by atoms with Crippen molar-refractivity contribution in [3.8, 4) is 0 Å². The zero-order chi connectivity index (χ0) is 24.1. The van der Waals surface area contributed by atoms with Crippen LogP contribution in [0.4, 0.5) is 0 Å². The first-order valence-corrected chi connectivity index (χ1v) is 11.5. The van der Waals surface area contributed by atoms with Crippen molar-refractivity contribution in [3.63, 3.8) is 0 Å². The van der Waals surface area contributed by atoms with Crippen LogP contribution in [0, 0.1) is 0 Å². The molecule has 4 aromatic rings. The number of halogens is 1. The maximum atomic E-state index is 13.0. The highest BCUT2D eigenvalue weighted by Crippen LogP contribution is 2.22. The van der Waals surface area contributed by atoms with Gasteiger partial charge in [-0.3, -0.25) is 14.6 Å². The number of nitrogens with zero attached hydrogens (tertiary/aromatic N) is 2. The molecule has 34 heavy (non-hydrogen) atoms. The molecule has 0 spiro atoms. The average Bonchev–Trinajstić information content (AvgIpc) is 3.27. The second-order valence-electron chi connectivity index (χ2n) is 8.30. The lowest BCUT2D eigenvalue weighted by Gasteiger charge is -2.09. The highest BCUT2D eigenvalue weighted by Gasteiger charge is 2.16. The summed E-state index contributed by atoms with van der Waals surface area (Å²) in [4.78, 5) is 29.5. The Balaban J connectivity index is 1.39. The maximum absolute atomic E-state index is 13.0. The minimum absolute atomic E-state index is 0.0198. The number of pyridine rings is 2. The molecule has 176 valence electrons. The predicted octanol–water partition coefficient (Wildman–Crippen LogP) is 4.10. The zero-order valence-corrected chi connectivity index (χ0v) is 19.6. The van der Waals surface area contributed by atoms with Crippen LogP contribution in [0.25, 0.3) is 11.1 Å². The second-order valence-corrected chi connectivity index (χ2v) is 8.74. The highest BCUT2D eigenvalue weighted by atomic mass is 35.5. The molecule has 0 aliphatic rings. The van der Waals surface area contributed by atoms with Gasteiger partial charge in [0.15, 0.2) is 5.43 Å². The van der Waals surface area contributed by atoms with Gasteiger partial charge in [-0.1, -0.05) is 29.8 Å². The van der Waals surface area contributed by atoms with Crippen LogP contribution in [-0.4, -0.2) is 20.6 Å². The van der Waals surface area contributed by atoms with Crippen LogP contribution in [0.15, 0.2) is 70.3 Å². The molecule has 1 unspecified atom stereocenters. The zero-order valence-electron chi connectivity index (χ0n) is 18.8. The first-order valence-electron chi connectivity index (χ1n) is 11.1. The van der Waals surface area contributed by atoms with Gasteiger partial charge in [-0.25, -0.2) is 0 Å². The average molecular weight is 480 g/mol. The molecule has 0 fully saturated rings. The van der Waals surface area contributed by atoms with Gasteiger partial charge < -0.3 is 19.4 Å². The number of aliphatic hydroxyl groups is 1. The Morgan fingerprint density at radius 1 is 1.26 bits per heavy atom. The number of benzene rings is 1. The Hall–Kier alpha value is -3.42. The number of nitrogens with one attached hydrogen (secondary N) is 1. The summed E-state index contributed by atoms with van der Waals surface area (Å²) < 4.78 is 7.63. The van der Waals surface area contributed by atoms with Crippen LogP contribution in [0.5, 0.6) is 0 Å². The fourth-order valence-corrected chi connectivity index (χ4v) is 4.00. The van der Waals surface area contributed by atoms with Crippen molar-refractivity contribution >= 4 is 28.6 Å². The van der Waals surface area contributed by atoms with Crippen LogP contribution >= 0.6 is 11.6 Å². The van der Waals surface area contributed by atoms with Gasteiger partial charge in [0.25, 0.3) is 0 Å². The van der Waals surface area contributed by atoms with Crippen molar-refractivity contribution in [2.45, 2.75) is 38.3 Å². The van der Waals surface area contributed by atoms with Crippen molar-refractivity contribution in [1.82, 2.24) is 14.9 Å². The van der Waals surface area contributed by atoms with Gasteiger partial charge in [0.1, 0.15) is 5.76 Å². The minimum Gasteiger partial charge on any atom is -0.444 e. The molecule has 8 heteroatoms. The van der Waals surface area contributed by atoms with Crippen molar-refractivity contribution in [2.24, 2.45) is 7.05 Å². The van der Waals surface area contributed by atoms with Crippen molar-refractivity contribution in [2.75, 3.05) is 0 Å². The van der Waals surface area contributed by atoms with Gasteiger partial charge in [0.05, 0.1) is 17.9 Å². The SMILES string of the molecule is Cn1cc(CC(=O)NCc2ccc(Cl)cc2)c(=O)c2cc(CCCC(O)c3cccnc3)oc21. The molecular formula is C26H26ClN3O4. The predicted molar refractivity (Wildman–Crippen MR) is 131 cm³/mol. The molecule has 3 aromatic heterocycles. The van der Waals surface area contributed by atoms with Gasteiger partial charge in [-0.05, 0) is 48.2 Å². The summed E-state index contributed by atoms with van der Waals surface area (Å²) in [5.41, 5.74) is 2.37. The van der Waals surface area contributed by atoms with E-state index >= 15 is 0 Å². The number of carbonyl (C=O) groups excluding carboxylic acids is 1. The Bertz CT molecular complexity index is 1330. The number of fused-ring (bicyclic) bond motifs is 1. The molecule has 0 bridgehead atoms. The molecule has 0 saturated carbocycles. The third-order valence-corrected chi connectivity index (χ3v) is 5.95. The Labute approximate surface area is 202 Å². The van der Waals surface area contributed by atoms with E-state index in [1.165, 1.54) is 0 Å². The number of furan rings is 1. The van der Waals surface area contributed by atoms with Crippen LogP contribution in [0.1, 0.15) is 41.4 Å². The molecule has 0 aliphatic heterocycles. The summed E-state index contributed by atoms with van der Waals surface area (Å²) in [6.07, 6.45) is 6.18. The number of amides is 1. The summed E-state index contributed by atoms with van der Waals surface area (Å²) in [6.45, 7) is 0.360. The third-order valence-electron chi connectivity index (χ3n) is 5.69. The van der Waals surface area contributed by atoms with Crippen molar-refractivity contribution < 1.29 is 14.3 Å².